The number of amides is 3. The minimum Gasteiger partial charge on any atom is -0.465 e. The molecular weight excluding hydrogens is 332 g/mol. The number of rotatable bonds is 2. The Morgan fingerprint density at radius 2 is 1.92 bits per heavy atom. The minimum absolute atomic E-state index is 0.0446. The highest BCUT2D eigenvalue weighted by Crippen LogP contribution is 2.31. The molecule has 2 aliphatic rings. The fraction of sp³-hybridized carbons (Fsp3) is 0.316. The summed E-state index contributed by atoms with van der Waals surface area (Å²) in [5.41, 5.74) is 3.62. The highest BCUT2D eigenvalue weighted by molar-refractivity contribution is 5.91. The van der Waals surface area contributed by atoms with Gasteiger partial charge in [-0.15, -0.1) is 0 Å². The van der Waals surface area contributed by atoms with E-state index in [0.717, 1.165) is 16.8 Å². The van der Waals surface area contributed by atoms with Gasteiger partial charge in [0.2, 0.25) is 0 Å². The molecule has 3 heterocycles. The summed E-state index contributed by atoms with van der Waals surface area (Å²) in [6.07, 6.45) is 1.55. The van der Waals surface area contributed by atoms with Crippen LogP contribution in [-0.4, -0.2) is 57.2 Å². The molecule has 0 aliphatic carbocycles. The summed E-state index contributed by atoms with van der Waals surface area (Å²) < 4.78 is 0. The van der Waals surface area contributed by atoms with Crippen LogP contribution in [0, 0.1) is 6.92 Å². The lowest BCUT2D eigenvalue weighted by Crippen LogP contribution is -2.51. The Morgan fingerprint density at radius 3 is 2.58 bits per heavy atom. The Hall–Kier alpha value is -3.09. The van der Waals surface area contributed by atoms with Crippen molar-refractivity contribution in [2.24, 2.45) is 0 Å². The van der Waals surface area contributed by atoms with Gasteiger partial charge in [-0.1, -0.05) is 12.1 Å². The van der Waals surface area contributed by atoms with Crippen LogP contribution < -0.4 is 5.32 Å². The van der Waals surface area contributed by atoms with Gasteiger partial charge < -0.3 is 20.2 Å². The smallest absolute Gasteiger partial charge is 0.407 e. The van der Waals surface area contributed by atoms with Crippen molar-refractivity contribution in [1.82, 2.24) is 14.8 Å². The predicted octanol–water partition coefficient (Wildman–Crippen LogP) is 3.03. The third-order valence-electron chi connectivity index (χ3n) is 5.18. The molecular formula is C19H20N4O3. The maximum atomic E-state index is 12.6. The molecule has 4 rings (SSSR count). The van der Waals surface area contributed by atoms with E-state index in [1.807, 2.05) is 43.3 Å². The number of carboxylic acid groups (broad SMARTS) is 1. The van der Waals surface area contributed by atoms with Gasteiger partial charge in [0, 0.05) is 30.5 Å². The zero-order valence-corrected chi connectivity index (χ0v) is 14.4. The summed E-state index contributed by atoms with van der Waals surface area (Å²) in [6, 6.07) is 11.2. The van der Waals surface area contributed by atoms with Crippen molar-refractivity contribution in [2.45, 2.75) is 25.4 Å². The Bertz CT molecular complexity index is 855. The molecule has 0 spiro atoms. The van der Waals surface area contributed by atoms with Crippen LogP contribution in [0.4, 0.5) is 15.3 Å². The van der Waals surface area contributed by atoms with Crippen LogP contribution in [0.3, 0.4) is 0 Å². The van der Waals surface area contributed by atoms with E-state index in [0.29, 0.717) is 25.2 Å². The van der Waals surface area contributed by atoms with Gasteiger partial charge in [0.1, 0.15) is 0 Å². The van der Waals surface area contributed by atoms with Crippen molar-refractivity contribution in [2.75, 3.05) is 18.4 Å². The van der Waals surface area contributed by atoms with Crippen molar-refractivity contribution in [3.8, 4) is 11.3 Å². The molecule has 2 unspecified atom stereocenters. The van der Waals surface area contributed by atoms with E-state index < -0.39 is 6.09 Å². The number of hydrogen-bond donors (Lipinski definition) is 2. The second-order valence-electron chi connectivity index (χ2n) is 6.81. The summed E-state index contributed by atoms with van der Waals surface area (Å²) in [5, 5.41) is 12.1. The maximum absolute atomic E-state index is 12.6. The molecule has 2 aliphatic heterocycles. The summed E-state index contributed by atoms with van der Waals surface area (Å²) in [5.74, 6) is 0. The number of benzene rings is 1. The number of pyridine rings is 1. The largest absolute Gasteiger partial charge is 0.465 e. The van der Waals surface area contributed by atoms with Crippen molar-refractivity contribution >= 4 is 17.8 Å². The van der Waals surface area contributed by atoms with Crippen LogP contribution in [0.1, 0.15) is 12.0 Å². The molecule has 2 fully saturated rings. The molecule has 7 heteroatoms. The van der Waals surface area contributed by atoms with Crippen LogP contribution in [0.5, 0.6) is 0 Å². The average molecular weight is 352 g/mol. The average Bonchev–Trinajstić information content (AvgIpc) is 3.25. The van der Waals surface area contributed by atoms with Crippen LogP contribution in [0.15, 0.2) is 42.6 Å². The van der Waals surface area contributed by atoms with Crippen LogP contribution in [-0.2, 0) is 0 Å². The second kappa shape index (κ2) is 6.33. The number of carbonyl (C=O) groups is 2. The van der Waals surface area contributed by atoms with E-state index in [9.17, 15) is 9.59 Å². The number of aryl methyl sites for hydroxylation is 1. The third-order valence-corrected chi connectivity index (χ3v) is 5.18. The molecule has 2 aromatic rings. The van der Waals surface area contributed by atoms with E-state index in [2.05, 4.69) is 10.3 Å². The monoisotopic (exact) mass is 352 g/mol. The number of nitrogens with one attached hydrogen (secondary N) is 1. The Labute approximate surface area is 151 Å². The Balaban J connectivity index is 1.49. The fourth-order valence-electron chi connectivity index (χ4n) is 3.84. The molecule has 2 saturated heterocycles. The first kappa shape index (κ1) is 16.4. The van der Waals surface area contributed by atoms with Gasteiger partial charge in [0.05, 0.1) is 17.8 Å². The Kier molecular flexibility index (Phi) is 3.99. The van der Waals surface area contributed by atoms with Gasteiger partial charge >= 0.3 is 12.1 Å². The zero-order chi connectivity index (χ0) is 18.3. The van der Waals surface area contributed by atoms with Crippen molar-refractivity contribution in [3.05, 3.63) is 48.2 Å². The molecule has 3 amide bonds. The predicted molar refractivity (Wildman–Crippen MR) is 97.1 cm³/mol. The number of anilines is 1. The number of carbonyl (C=O) groups excluding carboxylic acids is 1. The van der Waals surface area contributed by atoms with Gasteiger partial charge in [-0.3, -0.25) is 4.98 Å². The normalized spacial score (nSPS) is 21.1. The molecule has 1 aromatic heterocycles. The van der Waals surface area contributed by atoms with Gasteiger partial charge in [0.15, 0.2) is 0 Å². The lowest BCUT2D eigenvalue weighted by Gasteiger charge is -2.32. The highest BCUT2D eigenvalue weighted by atomic mass is 16.4. The molecule has 2 atom stereocenters. The number of aromatic nitrogens is 1. The topological polar surface area (TPSA) is 85.8 Å². The van der Waals surface area contributed by atoms with Crippen LogP contribution in [0.2, 0.25) is 0 Å². The molecule has 2 bridgehead atoms. The molecule has 0 saturated carbocycles. The van der Waals surface area contributed by atoms with Crippen molar-refractivity contribution < 1.29 is 14.7 Å². The highest BCUT2D eigenvalue weighted by Gasteiger charge is 2.47. The standard InChI is InChI=1S/C19H20N4O3/c1-12-5-6-13(8-16(12)17-4-2-3-7-20-17)21-18(24)22-10-15-9-14(22)11-23(15)19(25)26/h2-8,14-15H,9-11H2,1H3,(H,21,24)(H,25,26). The fourth-order valence-corrected chi connectivity index (χ4v) is 3.84. The summed E-state index contributed by atoms with van der Waals surface area (Å²) >= 11 is 0. The summed E-state index contributed by atoms with van der Waals surface area (Å²) in [6.45, 7) is 2.85. The third kappa shape index (κ3) is 2.85. The minimum atomic E-state index is -0.906. The molecule has 2 N–H and O–H groups in total. The number of hydrogen-bond acceptors (Lipinski definition) is 3. The van der Waals surface area contributed by atoms with Crippen molar-refractivity contribution in [1.29, 1.82) is 0 Å². The SMILES string of the molecule is Cc1ccc(NC(=O)N2CC3CC2CN3C(=O)O)cc1-c1ccccn1. The lowest BCUT2D eigenvalue weighted by molar-refractivity contribution is 0.112. The number of piperazine rings is 1. The quantitative estimate of drug-likeness (QED) is 0.870. The van der Waals surface area contributed by atoms with Gasteiger partial charge in [-0.2, -0.15) is 0 Å². The lowest BCUT2D eigenvalue weighted by atomic mass is 10.0. The van der Waals surface area contributed by atoms with Gasteiger partial charge in [-0.25, -0.2) is 9.59 Å². The first-order chi connectivity index (χ1) is 12.5. The first-order valence-corrected chi connectivity index (χ1v) is 8.62. The second-order valence-corrected chi connectivity index (χ2v) is 6.81. The van der Waals surface area contributed by atoms with Gasteiger partial charge in [-0.05, 0) is 43.2 Å². The van der Waals surface area contributed by atoms with E-state index in [1.54, 1.807) is 11.1 Å². The molecule has 1 aromatic carbocycles. The first-order valence-electron chi connectivity index (χ1n) is 8.62. The van der Waals surface area contributed by atoms with E-state index >= 15 is 0 Å². The van der Waals surface area contributed by atoms with E-state index in [4.69, 9.17) is 5.11 Å². The van der Waals surface area contributed by atoms with Crippen molar-refractivity contribution in [3.63, 3.8) is 0 Å². The number of nitrogens with zero attached hydrogens (tertiary/aromatic N) is 3. The molecule has 7 nitrogen and oxygen atoms in total. The molecule has 0 radical (unpaired) electrons. The van der Waals surface area contributed by atoms with Crippen LogP contribution in [0.25, 0.3) is 11.3 Å². The zero-order valence-electron chi connectivity index (χ0n) is 14.4. The number of urea groups is 1. The van der Waals surface area contributed by atoms with E-state index in [1.165, 1.54) is 4.90 Å². The molecule has 26 heavy (non-hydrogen) atoms. The number of likely N-dealkylation sites (tertiary alicyclic amines) is 2. The maximum Gasteiger partial charge on any atom is 0.407 e. The van der Waals surface area contributed by atoms with Gasteiger partial charge in [0.25, 0.3) is 0 Å². The van der Waals surface area contributed by atoms with Crippen LogP contribution >= 0.6 is 0 Å². The molecule has 134 valence electrons. The van der Waals surface area contributed by atoms with E-state index in [-0.39, 0.29) is 18.1 Å². The Morgan fingerprint density at radius 1 is 1.15 bits per heavy atom. The number of fused-ring (bicyclic) bond motifs is 2. The summed E-state index contributed by atoms with van der Waals surface area (Å²) in [4.78, 5) is 31.4. The summed E-state index contributed by atoms with van der Waals surface area (Å²) in [7, 11) is 0.